The van der Waals surface area contributed by atoms with Gasteiger partial charge >= 0.3 is 0 Å². The van der Waals surface area contributed by atoms with Crippen LogP contribution >= 0.6 is 11.3 Å². The highest BCUT2D eigenvalue weighted by Crippen LogP contribution is 2.16. The van der Waals surface area contributed by atoms with E-state index in [-0.39, 0.29) is 0 Å². The zero-order valence-electron chi connectivity index (χ0n) is 7.79. The molecule has 2 heterocycles. The molecule has 1 aliphatic rings. The van der Waals surface area contributed by atoms with Crippen molar-refractivity contribution in [1.29, 1.82) is 0 Å². The Morgan fingerprint density at radius 2 is 2.62 bits per heavy atom. The average Bonchev–Trinajstić information content (AvgIpc) is 2.52. The predicted octanol–water partition coefficient (Wildman–Crippen LogP) is 0.808. The van der Waals surface area contributed by atoms with Crippen LogP contribution in [0, 0.1) is 0 Å². The van der Waals surface area contributed by atoms with Gasteiger partial charge in [0.15, 0.2) is 0 Å². The van der Waals surface area contributed by atoms with Crippen molar-refractivity contribution in [3.8, 4) is 0 Å². The molecule has 1 saturated heterocycles. The van der Waals surface area contributed by atoms with Crippen molar-refractivity contribution in [1.82, 2.24) is 15.6 Å². The van der Waals surface area contributed by atoms with Gasteiger partial charge in [-0.15, -0.1) is 11.3 Å². The molecule has 0 spiro atoms. The van der Waals surface area contributed by atoms with E-state index in [9.17, 15) is 0 Å². The fourth-order valence-electron chi connectivity index (χ4n) is 1.34. The van der Waals surface area contributed by atoms with Gasteiger partial charge in [-0.2, -0.15) is 0 Å². The molecule has 1 atom stereocenters. The summed E-state index contributed by atoms with van der Waals surface area (Å²) >= 11 is 1.74. The van der Waals surface area contributed by atoms with E-state index in [1.165, 1.54) is 5.01 Å². The van der Waals surface area contributed by atoms with Gasteiger partial charge in [-0.05, 0) is 0 Å². The van der Waals surface area contributed by atoms with E-state index in [1.54, 1.807) is 11.3 Å². The Hall–Kier alpha value is -0.450. The Labute approximate surface area is 82.6 Å². The molecule has 1 unspecified atom stereocenters. The standard InChI is InChI=1S/C9H15N3S/c1-7(9-11-2-3-13-9)4-12-8-5-10-6-8/h2-3,7-8,10,12H,4-6H2,1H3. The smallest absolute Gasteiger partial charge is 0.0965 e. The third kappa shape index (κ3) is 2.27. The lowest BCUT2D eigenvalue weighted by molar-refractivity contribution is 0.360. The summed E-state index contributed by atoms with van der Waals surface area (Å²) in [5.74, 6) is 0.542. The number of nitrogens with one attached hydrogen (secondary N) is 2. The van der Waals surface area contributed by atoms with Gasteiger partial charge in [0, 0.05) is 43.2 Å². The van der Waals surface area contributed by atoms with Crippen LogP contribution in [0.5, 0.6) is 0 Å². The maximum atomic E-state index is 4.30. The monoisotopic (exact) mass is 197 g/mol. The second-order valence-corrected chi connectivity index (χ2v) is 4.46. The van der Waals surface area contributed by atoms with Crippen LogP contribution in [0.25, 0.3) is 0 Å². The van der Waals surface area contributed by atoms with Crippen LogP contribution in [-0.4, -0.2) is 30.7 Å². The van der Waals surface area contributed by atoms with E-state index < -0.39 is 0 Å². The van der Waals surface area contributed by atoms with Gasteiger partial charge in [0.1, 0.15) is 0 Å². The lowest BCUT2D eigenvalue weighted by atomic mass is 10.1. The van der Waals surface area contributed by atoms with Crippen LogP contribution in [-0.2, 0) is 0 Å². The van der Waals surface area contributed by atoms with Crippen LogP contribution < -0.4 is 10.6 Å². The summed E-state index contributed by atoms with van der Waals surface area (Å²) in [6.45, 7) is 5.49. The SMILES string of the molecule is CC(CNC1CNC1)c1nccs1. The minimum atomic E-state index is 0.542. The summed E-state index contributed by atoms with van der Waals surface area (Å²) in [5.41, 5.74) is 0. The van der Waals surface area contributed by atoms with Crippen molar-refractivity contribution < 1.29 is 0 Å². The highest BCUT2D eigenvalue weighted by Gasteiger charge is 2.17. The molecule has 0 aromatic carbocycles. The molecule has 2 N–H and O–H groups in total. The molecule has 0 amide bonds. The molecule has 1 fully saturated rings. The molecule has 1 aliphatic heterocycles. The molecule has 0 bridgehead atoms. The fourth-order valence-corrected chi connectivity index (χ4v) is 2.04. The normalized spacial score (nSPS) is 19.8. The van der Waals surface area contributed by atoms with Crippen LogP contribution in [0.1, 0.15) is 17.8 Å². The van der Waals surface area contributed by atoms with Crippen LogP contribution in [0.2, 0.25) is 0 Å². The van der Waals surface area contributed by atoms with Gasteiger partial charge in [0.2, 0.25) is 0 Å². The fraction of sp³-hybridized carbons (Fsp3) is 0.667. The van der Waals surface area contributed by atoms with Gasteiger partial charge in [0.25, 0.3) is 0 Å². The van der Waals surface area contributed by atoms with Gasteiger partial charge in [-0.3, -0.25) is 0 Å². The molecular formula is C9H15N3S. The quantitative estimate of drug-likeness (QED) is 0.750. The lowest BCUT2D eigenvalue weighted by Crippen LogP contribution is -2.55. The third-order valence-electron chi connectivity index (χ3n) is 2.37. The van der Waals surface area contributed by atoms with Crippen LogP contribution in [0.3, 0.4) is 0 Å². The zero-order chi connectivity index (χ0) is 9.10. The van der Waals surface area contributed by atoms with Crippen molar-refractivity contribution in [2.75, 3.05) is 19.6 Å². The summed E-state index contributed by atoms with van der Waals surface area (Å²) in [4.78, 5) is 4.30. The summed E-state index contributed by atoms with van der Waals surface area (Å²) in [5, 5.41) is 10.0. The first-order chi connectivity index (χ1) is 6.36. The second-order valence-electron chi connectivity index (χ2n) is 3.53. The molecule has 0 saturated carbocycles. The minimum Gasteiger partial charge on any atom is -0.314 e. The number of aromatic nitrogens is 1. The van der Waals surface area contributed by atoms with E-state index in [2.05, 4.69) is 22.5 Å². The maximum absolute atomic E-state index is 4.30. The van der Waals surface area contributed by atoms with Crippen LogP contribution in [0.4, 0.5) is 0 Å². The van der Waals surface area contributed by atoms with E-state index in [4.69, 9.17) is 0 Å². The summed E-state index contributed by atoms with van der Waals surface area (Å²) < 4.78 is 0. The van der Waals surface area contributed by atoms with Crippen molar-refractivity contribution in [3.63, 3.8) is 0 Å². The molecular weight excluding hydrogens is 182 g/mol. The van der Waals surface area contributed by atoms with E-state index in [0.29, 0.717) is 12.0 Å². The van der Waals surface area contributed by atoms with Crippen LogP contribution in [0.15, 0.2) is 11.6 Å². The van der Waals surface area contributed by atoms with E-state index in [1.807, 2.05) is 11.6 Å². The third-order valence-corrected chi connectivity index (χ3v) is 3.37. The molecule has 2 rings (SSSR count). The molecule has 1 aromatic rings. The molecule has 0 aliphatic carbocycles. The summed E-state index contributed by atoms with van der Waals surface area (Å²) in [7, 11) is 0. The largest absolute Gasteiger partial charge is 0.314 e. The van der Waals surface area contributed by atoms with Gasteiger partial charge in [0.05, 0.1) is 5.01 Å². The Kier molecular flexibility index (Phi) is 2.93. The average molecular weight is 197 g/mol. The molecule has 72 valence electrons. The Bertz CT molecular complexity index is 243. The summed E-state index contributed by atoms with van der Waals surface area (Å²) in [6.07, 6.45) is 1.88. The molecule has 0 radical (unpaired) electrons. The second kappa shape index (κ2) is 4.17. The first-order valence-electron chi connectivity index (χ1n) is 4.70. The van der Waals surface area contributed by atoms with Crippen molar-refractivity contribution in [3.05, 3.63) is 16.6 Å². The number of thiazole rings is 1. The zero-order valence-corrected chi connectivity index (χ0v) is 8.60. The summed E-state index contributed by atoms with van der Waals surface area (Å²) in [6, 6.07) is 0.683. The highest BCUT2D eigenvalue weighted by molar-refractivity contribution is 7.09. The number of rotatable bonds is 4. The molecule has 13 heavy (non-hydrogen) atoms. The van der Waals surface area contributed by atoms with Crippen molar-refractivity contribution in [2.24, 2.45) is 0 Å². The van der Waals surface area contributed by atoms with E-state index in [0.717, 1.165) is 19.6 Å². The molecule has 1 aromatic heterocycles. The first kappa shape index (κ1) is 9.12. The molecule has 3 nitrogen and oxygen atoms in total. The topological polar surface area (TPSA) is 37.0 Å². The van der Waals surface area contributed by atoms with Crippen molar-refractivity contribution in [2.45, 2.75) is 18.9 Å². The Morgan fingerprint density at radius 3 is 3.15 bits per heavy atom. The number of hydrogen-bond donors (Lipinski definition) is 2. The Morgan fingerprint density at radius 1 is 1.77 bits per heavy atom. The van der Waals surface area contributed by atoms with Crippen molar-refractivity contribution >= 4 is 11.3 Å². The predicted molar refractivity (Wildman–Crippen MR) is 55.2 cm³/mol. The van der Waals surface area contributed by atoms with Gasteiger partial charge < -0.3 is 10.6 Å². The minimum absolute atomic E-state index is 0.542. The van der Waals surface area contributed by atoms with Gasteiger partial charge in [-0.25, -0.2) is 4.98 Å². The maximum Gasteiger partial charge on any atom is 0.0965 e. The number of nitrogens with zero attached hydrogens (tertiary/aromatic N) is 1. The number of hydrogen-bond acceptors (Lipinski definition) is 4. The lowest BCUT2D eigenvalue weighted by Gasteiger charge is -2.29. The van der Waals surface area contributed by atoms with Gasteiger partial charge in [-0.1, -0.05) is 6.92 Å². The molecule has 4 heteroatoms. The van der Waals surface area contributed by atoms with E-state index >= 15 is 0 Å². The first-order valence-corrected chi connectivity index (χ1v) is 5.57. The Balaban J connectivity index is 1.74. The highest BCUT2D eigenvalue weighted by atomic mass is 32.1.